The van der Waals surface area contributed by atoms with Gasteiger partial charge in [-0.15, -0.1) is 0 Å². The number of allylic oxidation sites excluding steroid dienone is 1. The summed E-state index contributed by atoms with van der Waals surface area (Å²) in [6, 6.07) is 6.17. The van der Waals surface area contributed by atoms with Crippen LogP contribution >= 0.6 is 12.2 Å². The van der Waals surface area contributed by atoms with Gasteiger partial charge >= 0.3 is 0 Å². The van der Waals surface area contributed by atoms with Crippen LogP contribution < -0.4 is 0 Å². The average Bonchev–Trinajstić information content (AvgIpc) is 2.97. The zero-order chi connectivity index (χ0) is 14.3. The number of aromatic nitrogens is 2. The quantitative estimate of drug-likeness (QED) is 0.828. The summed E-state index contributed by atoms with van der Waals surface area (Å²) in [5.74, 6) is 0.135. The van der Waals surface area contributed by atoms with Crippen LogP contribution in [0.2, 0.25) is 0 Å². The number of hydrogen-bond donors (Lipinski definition) is 2. The average molecular weight is 285 g/mol. The van der Waals surface area contributed by atoms with Crippen molar-refractivity contribution in [3.63, 3.8) is 0 Å². The highest BCUT2D eigenvalue weighted by molar-refractivity contribution is 7.71. The molecule has 0 fully saturated rings. The van der Waals surface area contributed by atoms with E-state index in [1.807, 2.05) is 24.4 Å². The molecule has 1 aromatic carbocycles. The molecule has 3 rings (SSSR count). The molecule has 0 saturated heterocycles. The highest BCUT2D eigenvalue weighted by Gasteiger charge is 2.16. The van der Waals surface area contributed by atoms with E-state index >= 15 is 0 Å². The van der Waals surface area contributed by atoms with E-state index in [-0.39, 0.29) is 5.88 Å². The SMILES string of the molecule is CCc1cccc2c1N=C/C2=C\c1[nH]c(=S)n(C)c1O. The van der Waals surface area contributed by atoms with Crippen molar-refractivity contribution in [1.29, 1.82) is 0 Å². The number of fused-ring (bicyclic) bond motifs is 1. The third-order valence-electron chi connectivity index (χ3n) is 3.55. The number of imidazole rings is 1. The predicted octanol–water partition coefficient (Wildman–Crippen LogP) is 3.61. The number of aryl methyl sites for hydroxylation is 1. The lowest BCUT2D eigenvalue weighted by atomic mass is 10.0. The largest absolute Gasteiger partial charge is 0.493 e. The van der Waals surface area contributed by atoms with E-state index in [1.54, 1.807) is 7.05 Å². The van der Waals surface area contributed by atoms with Crippen molar-refractivity contribution in [2.75, 3.05) is 0 Å². The van der Waals surface area contributed by atoms with Gasteiger partial charge in [0.2, 0.25) is 5.88 Å². The van der Waals surface area contributed by atoms with Gasteiger partial charge in [0, 0.05) is 24.4 Å². The van der Waals surface area contributed by atoms with Gasteiger partial charge in [-0.05, 0) is 30.3 Å². The molecule has 2 heterocycles. The summed E-state index contributed by atoms with van der Waals surface area (Å²) in [6.07, 6.45) is 4.65. The van der Waals surface area contributed by atoms with E-state index in [1.165, 1.54) is 10.1 Å². The number of nitrogens with one attached hydrogen (secondary N) is 1. The molecule has 0 aliphatic carbocycles. The normalized spacial score (nSPS) is 15.0. The fraction of sp³-hybridized carbons (Fsp3) is 0.200. The van der Waals surface area contributed by atoms with Gasteiger partial charge in [0.1, 0.15) is 5.69 Å². The van der Waals surface area contributed by atoms with E-state index in [9.17, 15) is 5.11 Å². The van der Waals surface area contributed by atoms with E-state index < -0.39 is 0 Å². The Kier molecular flexibility index (Phi) is 3.06. The molecular weight excluding hydrogens is 270 g/mol. The zero-order valence-electron chi connectivity index (χ0n) is 11.3. The molecule has 5 heteroatoms. The first-order chi connectivity index (χ1) is 9.61. The monoisotopic (exact) mass is 285 g/mol. The lowest BCUT2D eigenvalue weighted by molar-refractivity contribution is 0.430. The van der Waals surface area contributed by atoms with Crippen molar-refractivity contribution in [3.8, 4) is 5.88 Å². The van der Waals surface area contributed by atoms with Gasteiger partial charge in [-0.25, -0.2) is 0 Å². The number of H-pyrrole nitrogens is 1. The van der Waals surface area contributed by atoms with Gasteiger partial charge in [0.15, 0.2) is 4.77 Å². The van der Waals surface area contributed by atoms with Crippen LogP contribution in [0.3, 0.4) is 0 Å². The molecule has 2 N–H and O–H groups in total. The first-order valence-corrected chi connectivity index (χ1v) is 6.88. The Balaban J connectivity index is 2.12. The number of nitrogens with zero attached hydrogens (tertiary/aromatic N) is 2. The van der Waals surface area contributed by atoms with Crippen LogP contribution in [-0.4, -0.2) is 20.9 Å². The lowest BCUT2D eigenvalue weighted by Crippen LogP contribution is -1.86. The fourth-order valence-electron chi connectivity index (χ4n) is 2.37. The van der Waals surface area contributed by atoms with Gasteiger partial charge < -0.3 is 10.1 Å². The highest BCUT2D eigenvalue weighted by atomic mass is 32.1. The molecule has 4 nitrogen and oxygen atoms in total. The number of para-hydroxylation sites is 1. The van der Waals surface area contributed by atoms with Crippen LogP contribution in [0.15, 0.2) is 23.2 Å². The van der Waals surface area contributed by atoms with Crippen LogP contribution in [0, 0.1) is 4.77 Å². The Morgan fingerprint density at radius 2 is 2.25 bits per heavy atom. The predicted molar refractivity (Wildman–Crippen MR) is 84.1 cm³/mol. The maximum absolute atomic E-state index is 10.0. The molecule has 2 aromatic rings. The molecule has 0 spiro atoms. The fourth-order valence-corrected chi connectivity index (χ4v) is 2.57. The second-order valence-electron chi connectivity index (χ2n) is 4.75. The van der Waals surface area contributed by atoms with Gasteiger partial charge in [-0.1, -0.05) is 25.1 Å². The van der Waals surface area contributed by atoms with Crippen molar-refractivity contribution >= 4 is 35.8 Å². The van der Waals surface area contributed by atoms with Crippen LogP contribution in [0.5, 0.6) is 5.88 Å². The Bertz CT molecular complexity index is 796. The van der Waals surface area contributed by atoms with Crippen LogP contribution in [0.1, 0.15) is 23.7 Å². The number of rotatable bonds is 2. The van der Waals surface area contributed by atoms with E-state index in [4.69, 9.17) is 12.2 Å². The topological polar surface area (TPSA) is 53.3 Å². The van der Waals surface area contributed by atoms with E-state index in [0.717, 1.165) is 23.2 Å². The third kappa shape index (κ3) is 1.91. The highest BCUT2D eigenvalue weighted by Crippen LogP contribution is 2.36. The molecular formula is C15H15N3OS. The number of aromatic amines is 1. The van der Waals surface area contributed by atoms with Gasteiger partial charge in [0.25, 0.3) is 0 Å². The molecule has 0 atom stereocenters. The molecule has 1 aliphatic rings. The Morgan fingerprint density at radius 1 is 1.45 bits per heavy atom. The molecule has 0 bridgehead atoms. The third-order valence-corrected chi connectivity index (χ3v) is 3.92. The van der Waals surface area contributed by atoms with E-state index in [2.05, 4.69) is 23.0 Å². The Labute approximate surface area is 122 Å². The first kappa shape index (κ1) is 12.9. The second-order valence-corrected chi connectivity index (χ2v) is 5.14. The minimum absolute atomic E-state index is 0.135. The summed E-state index contributed by atoms with van der Waals surface area (Å²) in [5.41, 5.74) is 4.92. The summed E-state index contributed by atoms with van der Waals surface area (Å²) in [4.78, 5) is 7.47. The van der Waals surface area contributed by atoms with Crippen LogP contribution in [0.4, 0.5) is 5.69 Å². The summed E-state index contributed by atoms with van der Waals surface area (Å²) >= 11 is 5.10. The van der Waals surface area contributed by atoms with Gasteiger partial charge in [0.05, 0.1) is 5.69 Å². The van der Waals surface area contributed by atoms with Crippen molar-refractivity contribution in [3.05, 3.63) is 39.8 Å². The molecule has 0 saturated carbocycles. The first-order valence-electron chi connectivity index (χ1n) is 6.47. The molecule has 1 aliphatic heterocycles. The number of aromatic hydroxyl groups is 1. The minimum Gasteiger partial charge on any atom is -0.493 e. The maximum Gasteiger partial charge on any atom is 0.217 e. The van der Waals surface area contributed by atoms with Gasteiger partial charge in [-0.2, -0.15) is 0 Å². The molecule has 0 unspecified atom stereocenters. The second kappa shape index (κ2) is 4.76. The zero-order valence-corrected chi connectivity index (χ0v) is 12.2. The molecule has 20 heavy (non-hydrogen) atoms. The molecule has 102 valence electrons. The lowest BCUT2D eigenvalue weighted by Gasteiger charge is -2.04. The number of aliphatic imine (C=N–C) groups is 1. The Hall–Kier alpha value is -2.14. The molecule has 1 aromatic heterocycles. The van der Waals surface area contributed by atoms with Crippen molar-refractivity contribution in [2.45, 2.75) is 13.3 Å². The van der Waals surface area contributed by atoms with Crippen LogP contribution in [0.25, 0.3) is 11.6 Å². The summed E-state index contributed by atoms with van der Waals surface area (Å²) in [5, 5.41) is 10.0. The summed E-state index contributed by atoms with van der Waals surface area (Å²) in [6.45, 7) is 2.12. The Morgan fingerprint density at radius 3 is 2.90 bits per heavy atom. The molecule has 0 radical (unpaired) electrons. The van der Waals surface area contributed by atoms with Crippen molar-refractivity contribution < 1.29 is 5.11 Å². The minimum atomic E-state index is 0.135. The standard InChI is InChI=1S/C15H15N3OS/c1-3-9-5-4-6-11-10(8-16-13(9)11)7-12-14(19)18(2)15(20)17-12/h4-8,19H,3H2,1-2H3,(H,17,20)/b10-7+. The van der Waals surface area contributed by atoms with Crippen LogP contribution in [-0.2, 0) is 13.5 Å². The molecule has 0 amide bonds. The van der Waals surface area contributed by atoms with E-state index in [0.29, 0.717) is 10.5 Å². The number of hydrogen-bond acceptors (Lipinski definition) is 3. The van der Waals surface area contributed by atoms with Crippen molar-refractivity contribution in [2.24, 2.45) is 12.0 Å². The smallest absolute Gasteiger partial charge is 0.217 e. The maximum atomic E-state index is 10.0. The summed E-state index contributed by atoms with van der Waals surface area (Å²) < 4.78 is 2.03. The summed E-state index contributed by atoms with van der Waals surface area (Å²) in [7, 11) is 1.72. The van der Waals surface area contributed by atoms with Crippen molar-refractivity contribution in [1.82, 2.24) is 9.55 Å². The number of benzene rings is 1. The van der Waals surface area contributed by atoms with Gasteiger partial charge in [-0.3, -0.25) is 9.56 Å².